The smallest absolute Gasteiger partial charge is 0.266 e. The summed E-state index contributed by atoms with van der Waals surface area (Å²) in [5, 5.41) is 7.65. The summed E-state index contributed by atoms with van der Waals surface area (Å²) in [6, 6.07) is 8.47. The summed E-state index contributed by atoms with van der Waals surface area (Å²) in [5.74, 6) is 1.45. The van der Waals surface area contributed by atoms with Crippen LogP contribution in [-0.2, 0) is 6.42 Å². The Morgan fingerprint density at radius 1 is 1.10 bits per heavy atom. The van der Waals surface area contributed by atoms with Crippen molar-refractivity contribution >= 4 is 11.6 Å². The Kier molecular flexibility index (Phi) is 3.25. The maximum atomic E-state index is 5.51. The Balaban J connectivity index is 1.50. The van der Waals surface area contributed by atoms with Crippen molar-refractivity contribution in [1.82, 2.24) is 10.1 Å². The molecule has 1 N–H and O–H groups in total. The van der Waals surface area contributed by atoms with Crippen molar-refractivity contribution < 1.29 is 4.52 Å². The van der Waals surface area contributed by atoms with Crippen molar-refractivity contribution in [3.05, 3.63) is 35.7 Å². The number of anilines is 2. The third-order valence-corrected chi connectivity index (χ3v) is 4.39. The Labute approximate surface area is 124 Å². The lowest BCUT2D eigenvalue weighted by Crippen LogP contribution is -2.25. The van der Waals surface area contributed by atoms with E-state index < -0.39 is 0 Å². The van der Waals surface area contributed by atoms with Gasteiger partial charge in [-0.1, -0.05) is 31.0 Å². The van der Waals surface area contributed by atoms with Crippen LogP contribution in [0.15, 0.2) is 28.8 Å². The van der Waals surface area contributed by atoms with Crippen molar-refractivity contribution in [2.75, 3.05) is 23.3 Å². The van der Waals surface area contributed by atoms with E-state index >= 15 is 0 Å². The fourth-order valence-electron chi connectivity index (χ4n) is 3.21. The number of aromatic nitrogens is 2. The Morgan fingerprint density at radius 3 is 2.71 bits per heavy atom. The number of benzene rings is 1. The zero-order valence-corrected chi connectivity index (χ0v) is 12.1. The quantitative estimate of drug-likeness (QED) is 0.918. The number of nitrogens with zero attached hydrogens (tertiary/aromatic N) is 3. The fraction of sp³-hybridized carbons (Fsp3) is 0.500. The Hall–Kier alpha value is -2.04. The molecule has 4 rings (SSSR count). The number of fused-ring (bicyclic) bond motifs is 1. The number of rotatable bonds is 2. The molecule has 2 aliphatic rings. The van der Waals surface area contributed by atoms with Gasteiger partial charge in [0, 0.05) is 25.2 Å². The molecular weight excluding hydrogens is 264 g/mol. The van der Waals surface area contributed by atoms with E-state index in [9.17, 15) is 0 Å². The molecule has 5 heteroatoms. The van der Waals surface area contributed by atoms with E-state index in [1.807, 2.05) is 6.07 Å². The van der Waals surface area contributed by atoms with Gasteiger partial charge in [0.05, 0.1) is 0 Å². The normalized spacial score (nSPS) is 21.7. The monoisotopic (exact) mass is 284 g/mol. The molecular formula is C16H20N4O. The average molecular weight is 284 g/mol. The van der Waals surface area contributed by atoms with E-state index in [2.05, 4.69) is 38.6 Å². The number of hydrogen-bond donors (Lipinski definition) is 1. The highest BCUT2D eigenvalue weighted by molar-refractivity contribution is 5.57. The van der Waals surface area contributed by atoms with Gasteiger partial charge in [0.2, 0.25) is 0 Å². The predicted octanol–water partition coefficient (Wildman–Crippen LogP) is 3.16. The first kappa shape index (κ1) is 12.7. The minimum atomic E-state index is 0.107. The largest absolute Gasteiger partial charge is 0.373 e. The number of para-hydroxylation sites is 1. The third-order valence-electron chi connectivity index (χ3n) is 4.39. The summed E-state index contributed by atoms with van der Waals surface area (Å²) in [6.45, 7) is 2.08. The molecule has 1 saturated heterocycles. The molecule has 1 aromatic carbocycles. The van der Waals surface area contributed by atoms with Crippen LogP contribution in [-0.4, -0.2) is 23.2 Å². The maximum Gasteiger partial charge on any atom is 0.266 e. The van der Waals surface area contributed by atoms with Crippen molar-refractivity contribution in [2.45, 2.75) is 38.1 Å². The second kappa shape index (κ2) is 5.39. The van der Waals surface area contributed by atoms with Gasteiger partial charge in [0.1, 0.15) is 6.04 Å². The van der Waals surface area contributed by atoms with Gasteiger partial charge < -0.3 is 14.7 Å². The summed E-state index contributed by atoms with van der Waals surface area (Å²) in [6.07, 6.45) is 5.97. The zero-order chi connectivity index (χ0) is 14.1. The first-order valence-electron chi connectivity index (χ1n) is 7.83. The van der Waals surface area contributed by atoms with Crippen LogP contribution >= 0.6 is 0 Å². The first-order chi connectivity index (χ1) is 10.4. The van der Waals surface area contributed by atoms with Crippen molar-refractivity contribution in [2.24, 2.45) is 0 Å². The molecule has 2 aliphatic heterocycles. The van der Waals surface area contributed by atoms with Crippen LogP contribution in [0.25, 0.3) is 0 Å². The van der Waals surface area contributed by atoms with E-state index in [0.717, 1.165) is 25.5 Å². The summed E-state index contributed by atoms with van der Waals surface area (Å²) in [5.41, 5.74) is 2.49. The van der Waals surface area contributed by atoms with Gasteiger partial charge in [-0.25, -0.2) is 0 Å². The molecule has 5 nitrogen and oxygen atoms in total. The minimum Gasteiger partial charge on any atom is -0.373 e. The van der Waals surface area contributed by atoms with Crippen molar-refractivity contribution in [3.63, 3.8) is 0 Å². The second-order valence-corrected chi connectivity index (χ2v) is 5.89. The highest BCUT2D eigenvalue weighted by Gasteiger charge is 2.27. The van der Waals surface area contributed by atoms with E-state index in [1.165, 1.54) is 36.9 Å². The lowest BCUT2D eigenvalue weighted by molar-refractivity contribution is 0.363. The molecule has 0 bridgehead atoms. The van der Waals surface area contributed by atoms with Crippen LogP contribution in [0.3, 0.4) is 0 Å². The number of nitrogens with one attached hydrogen (secondary N) is 1. The third kappa shape index (κ3) is 2.48. The predicted molar refractivity (Wildman–Crippen MR) is 81.5 cm³/mol. The molecule has 0 aliphatic carbocycles. The summed E-state index contributed by atoms with van der Waals surface area (Å²) < 4.78 is 5.51. The van der Waals surface area contributed by atoms with E-state index in [0.29, 0.717) is 5.89 Å². The SMILES string of the molecule is c1ccc2c(c1)C[C@@H](c1nc(N3CCCCCC3)no1)N2. The molecule has 2 aromatic rings. The molecule has 0 saturated carbocycles. The molecule has 0 radical (unpaired) electrons. The highest BCUT2D eigenvalue weighted by Crippen LogP contribution is 2.33. The molecule has 3 heterocycles. The van der Waals surface area contributed by atoms with Gasteiger partial charge in [0.25, 0.3) is 11.8 Å². The van der Waals surface area contributed by atoms with Crippen LogP contribution in [0.2, 0.25) is 0 Å². The lowest BCUT2D eigenvalue weighted by atomic mass is 10.1. The molecule has 110 valence electrons. The van der Waals surface area contributed by atoms with Crippen LogP contribution in [0, 0.1) is 0 Å². The van der Waals surface area contributed by atoms with E-state index in [1.54, 1.807) is 0 Å². The van der Waals surface area contributed by atoms with Crippen molar-refractivity contribution in [3.8, 4) is 0 Å². The second-order valence-electron chi connectivity index (χ2n) is 5.89. The summed E-state index contributed by atoms with van der Waals surface area (Å²) in [4.78, 5) is 6.88. The highest BCUT2D eigenvalue weighted by atomic mass is 16.5. The zero-order valence-electron chi connectivity index (χ0n) is 12.1. The summed E-state index contributed by atoms with van der Waals surface area (Å²) >= 11 is 0. The minimum absolute atomic E-state index is 0.107. The van der Waals surface area contributed by atoms with E-state index in [4.69, 9.17) is 4.52 Å². The average Bonchev–Trinajstić information content (AvgIpc) is 3.07. The molecule has 0 unspecified atom stereocenters. The Morgan fingerprint density at radius 2 is 1.90 bits per heavy atom. The van der Waals surface area contributed by atoms with Crippen LogP contribution in [0.1, 0.15) is 43.2 Å². The molecule has 0 spiro atoms. The van der Waals surface area contributed by atoms with Gasteiger partial charge in [-0.3, -0.25) is 0 Å². The van der Waals surface area contributed by atoms with Crippen LogP contribution in [0.5, 0.6) is 0 Å². The molecule has 1 aromatic heterocycles. The molecule has 1 fully saturated rings. The fourth-order valence-corrected chi connectivity index (χ4v) is 3.21. The lowest BCUT2D eigenvalue weighted by Gasteiger charge is -2.16. The van der Waals surface area contributed by atoms with Gasteiger partial charge in [-0.05, 0) is 29.6 Å². The molecule has 0 amide bonds. The maximum absolute atomic E-state index is 5.51. The first-order valence-corrected chi connectivity index (χ1v) is 7.83. The van der Waals surface area contributed by atoms with Gasteiger partial charge in [-0.2, -0.15) is 4.98 Å². The van der Waals surface area contributed by atoms with Crippen LogP contribution in [0.4, 0.5) is 11.6 Å². The molecule has 1 atom stereocenters. The van der Waals surface area contributed by atoms with Crippen LogP contribution < -0.4 is 10.2 Å². The number of hydrogen-bond acceptors (Lipinski definition) is 5. The topological polar surface area (TPSA) is 54.2 Å². The van der Waals surface area contributed by atoms with E-state index in [-0.39, 0.29) is 6.04 Å². The molecule has 21 heavy (non-hydrogen) atoms. The standard InChI is InChI=1S/C16H20N4O/c1-2-6-10-20(9-5-1)16-18-15(21-19-16)14-11-12-7-3-4-8-13(12)17-14/h3-4,7-8,14,17H,1-2,5-6,9-11H2/t14-/m0/s1. The summed E-state index contributed by atoms with van der Waals surface area (Å²) in [7, 11) is 0. The van der Waals surface area contributed by atoms with Gasteiger partial charge >= 0.3 is 0 Å². The van der Waals surface area contributed by atoms with Crippen molar-refractivity contribution in [1.29, 1.82) is 0 Å². The van der Waals surface area contributed by atoms with Gasteiger partial charge in [-0.15, -0.1) is 0 Å². The van der Waals surface area contributed by atoms with Gasteiger partial charge in [0.15, 0.2) is 0 Å². The Bertz CT molecular complexity index is 591.